The molecule has 2 aromatic carbocycles. The van der Waals surface area contributed by atoms with Crippen LogP contribution in [0.15, 0.2) is 42.5 Å². The first kappa shape index (κ1) is 18.5. The van der Waals surface area contributed by atoms with Crippen LogP contribution < -0.4 is 14.9 Å². The van der Waals surface area contributed by atoms with Crippen LogP contribution in [-0.4, -0.2) is 38.3 Å². The summed E-state index contributed by atoms with van der Waals surface area (Å²) < 4.78 is 25.3. The number of nitriles is 1. The van der Waals surface area contributed by atoms with Gasteiger partial charge < -0.3 is 15.7 Å². The molecule has 0 spiro atoms. The lowest BCUT2D eigenvalue weighted by atomic mass is 10.2. The minimum Gasteiger partial charge on any atom is -0.506 e. The van der Waals surface area contributed by atoms with Crippen molar-refractivity contribution in [2.45, 2.75) is 6.42 Å². The second-order valence-electron chi connectivity index (χ2n) is 6.03. The van der Waals surface area contributed by atoms with Gasteiger partial charge in [0.05, 0.1) is 35.3 Å². The Balaban J connectivity index is 1.66. The third-order valence-electron chi connectivity index (χ3n) is 4.11. The van der Waals surface area contributed by atoms with Gasteiger partial charge in [-0.15, -0.1) is 0 Å². The van der Waals surface area contributed by atoms with Gasteiger partial charge in [-0.3, -0.25) is 9.10 Å². The lowest BCUT2D eigenvalue weighted by Gasteiger charge is -2.18. The Hall–Kier alpha value is -3.25. The van der Waals surface area contributed by atoms with Gasteiger partial charge in [-0.1, -0.05) is 0 Å². The van der Waals surface area contributed by atoms with E-state index in [0.29, 0.717) is 29.9 Å². The van der Waals surface area contributed by atoms with Crippen LogP contribution >= 0.6 is 0 Å². The number of aromatic hydroxyl groups is 1. The molecule has 27 heavy (non-hydrogen) atoms. The van der Waals surface area contributed by atoms with Gasteiger partial charge in [-0.2, -0.15) is 5.26 Å². The van der Waals surface area contributed by atoms with E-state index in [-0.39, 0.29) is 23.7 Å². The molecule has 1 fully saturated rings. The zero-order valence-corrected chi connectivity index (χ0v) is 15.2. The van der Waals surface area contributed by atoms with Gasteiger partial charge in [0, 0.05) is 12.2 Å². The Morgan fingerprint density at radius 1 is 1.22 bits per heavy atom. The van der Waals surface area contributed by atoms with Gasteiger partial charge in [-0.25, -0.2) is 8.42 Å². The minimum atomic E-state index is -3.35. The van der Waals surface area contributed by atoms with E-state index in [1.165, 1.54) is 22.5 Å². The van der Waals surface area contributed by atoms with Crippen molar-refractivity contribution in [3.63, 3.8) is 0 Å². The van der Waals surface area contributed by atoms with Crippen LogP contribution in [-0.2, 0) is 14.8 Å². The molecule has 0 bridgehead atoms. The fourth-order valence-electron chi connectivity index (χ4n) is 2.75. The summed E-state index contributed by atoms with van der Waals surface area (Å²) in [4.78, 5) is 12.2. The smallest absolute Gasteiger partial charge is 0.243 e. The van der Waals surface area contributed by atoms with E-state index < -0.39 is 15.9 Å². The molecule has 3 N–H and O–H groups in total. The lowest BCUT2D eigenvalue weighted by Crippen LogP contribution is -2.25. The second-order valence-corrected chi connectivity index (χ2v) is 8.05. The monoisotopic (exact) mass is 386 g/mol. The first-order valence-corrected chi connectivity index (χ1v) is 9.87. The van der Waals surface area contributed by atoms with Crippen LogP contribution in [0.25, 0.3) is 0 Å². The molecule has 3 rings (SSSR count). The molecule has 0 unspecified atom stereocenters. The molecule has 0 aromatic heterocycles. The largest absolute Gasteiger partial charge is 0.506 e. The van der Waals surface area contributed by atoms with E-state index in [9.17, 15) is 18.3 Å². The number of sulfonamides is 1. The first-order valence-electron chi connectivity index (χ1n) is 8.26. The number of phenolic OH excluding ortho intramolecular Hbond substituents is 1. The maximum atomic E-state index is 12.2. The number of nitrogens with one attached hydrogen (secondary N) is 2. The number of phenols is 1. The van der Waals surface area contributed by atoms with Crippen LogP contribution in [0.1, 0.15) is 12.0 Å². The summed E-state index contributed by atoms with van der Waals surface area (Å²) in [5, 5.41) is 24.2. The van der Waals surface area contributed by atoms with E-state index >= 15 is 0 Å². The molecule has 1 saturated heterocycles. The number of carbonyl (C=O) groups excluding carboxylic acids is 1. The van der Waals surface area contributed by atoms with Crippen molar-refractivity contribution in [1.29, 1.82) is 5.26 Å². The maximum Gasteiger partial charge on any atom is 0.243 e. The molecule has 0 aliphatic carbocycles. The molecule has 2 aromatic rings. The highest BCUT2D eigenvalue weighted by molar-refractivity contribution is 7.93. The third kappa shape index (κ3) is 4.30. The molecule has 1 aliphatic heterocycles. The lowest BCUT2D eigenvalue weighted by molar-refractivity contribution is -0.114. The van der Waals surface area contributed by atoms with Crippen molar-refractivity contribution in [3.05, 3.63) is 48.0 Å². The molecule has 1 heterocycles. The molecule has 1 amide bonds. The summed E-state index contributed by atoms with van der Waals surface area (Å²) >= 11 is 0. The molecule has 140 valence electrons. The van der Waals surface area contributed by atoms with Crippen molar-refractivity contribution in [2.75, 3.05) is 33.8 Å². The van der Waals surface area contributed by atoms with Crippen LogP contribution in [0.4, 0.5) is 17.1 Å². The van der Waals surface area contributed by atoms with Crippen molar-refractivity contribution >= 4 is 33.0 Å². The number of benzene rings is 2. The fraction of sp³-hybridized carbons (Fsp3) is 0.222. The molecule has 0 radical (unpaired) electrons. The van der Waals surface area contributed by atoms with E-state index in [1.807, 2.05) is 6.07 Å². The van der Waals surface area contributed by atoms with Gasteiger partial charge in [0.15, 0.2) is 0 Å². The van der Waals surface area contributed by atoms with Crippen LogP contribution in [0.2, 0.25) is 0 Å². The minimum absolute atomic E-state index is 0.0580. The molecular weight excluding hydrogens is 368 g/mol. The molecule has 1 aliphatic rings. The Morgan fingerprint density at radius 2 is 1.96 bits per heavy atom. The van der Waals surface area contributed by atoms with Gasteiger partial charge in [-0.05, 0) is 48.9 Å². The Kier molecular flexibility index (Phi) is 5.19. The van der Waals surface area contributed by atoms with Crippen LogP contribution in [0.5, 0.6) is 5.75 Å². The number of carbonyl (C=O) groups is 1. The SMILES string of the molecule is N#Cc1ccc(NCC(=O)Nc2cc(N3CCCS3(=O)=O)ccc2O)cc1. The number of amides is 1. The second kappa shape index (κ2) is 7.55. The van der Waals surface area contributed by atoms with Crippen molar-refractivity contribution < 1.29 is 18.3 Å². The number of nitrogens with zero attached hydrogens (tertiary/aromatic N) is 2. The highest BCUT2D eigenvalue weighted by atomic mass is 32.2. The number of hydrogen-bond acceptors (Lipinski definition) is 6. The summed E-state index contributed by atoms with van der Waals surface area (Å²) in [5.41, 5.74) is 1.73. The standard InChI is InChI=1S/C18H18N4O4S/c19-11-13-2-4-14(5-3-13)20-12-18(24)21-16-10-15(6-7-17(16)23)22-8-1-9-27(22,25)26/h2-7,10,20,23H,1,8-9,12H2,(H,21,24). The number of anilines is 3. The normalized spacial score (nSPS) is 15.1. The predicted octanol–water partition coefficient (Wildman–Crippen LogP) is 1.85. The van der Waals surface area contributed by atoms with E-state index in [2.05, 4.69) is 10.6 Å². The first-order chi connectivity index (χ1) is 12.9. The summed E-state index contributed by atoms with van der Waals surface area (Å²) in [7, 11) is -3.35. The van der Waals surface area contributed by atoms with E-state index in [4.69, 9.17) is 5.26 Å². The predicted molar refractivity (Wildman–Crippen MR) is 102 cm³/mol. The molecule has 8 nitrogen and oxygen atoms in total. The zero-order chi connectivity index (χ0) is 19.4. The summed E-state index contributed by atoms with van der Waals surface area (Å²) in [5.74, 6) is -0.470. The molecule has 9 heteroatoms. The van der Waals surface area contributed by atoms with E-state index in [0.717, 1.165) is 0 Å². The quantitative estimate of drug-likeness (QED) is 0.674. The van der Waals surface area contributed by atoms with Crippen molar-refractivity contribution in [2.24, 2.45) is 0 Å². The highest BCUT2D eigenvalue weighted by Gasteiger charge is 2.28. The third-order valence-corrected chi connectivity index (χ3v) is 5.98. The summed E-state index contributed by atoms with van der Waals surface area (Å²) in [6.07, 6.45) is 0.541. The van der Waals surface area contributed by atoms with Gasteiger partial charge >= 0.3 is 0 Å². The maximum absolute atomic E-state index is 12.2. The Bertz CT molecular complexity index is 997. The summed E-state index contributed by atoms with van der Waals surface area (Å²) in [6.45, 7) is 0.318. The Labute approximate surface area is 157 Å². The van der Waals surface area contributed by atoms with Crippen molar-refractivity contribution in [1.82, 2.24) is 0 Å². The van der Waals surface area contributed by atoms with Gasteiger partial charge in [0.1, 0.15) is 5.75 Å². The number of hydrogen-bond donors (Lipinski definition) is 3. The fourth-order valence-corrected chi connectivity index (χ4v) is 4.30. The Morgan fingerprint density at radius 3 is 2.59 bits per heavy atom. The average Bonchev–Trinajstić information content (AvgIpc) is 3.01. The van der Waals surface area contributed by atoms with Crippen LogP contribution in [0, 0.1) is 11.3 Å². The van der Waals surface area contributed by atoms with Gasteiger partial charge in [0.2, 0.25) is 15.9 Å². The average molecular weight is 386 g/mol. The molecule has 0 atom stereocenters. The number of rotatable bonds is 5. The topological polar surface area (TPSA) is 123 Å². The molecule has 0 saturated carbocycles. The molecular formula is C18H18N4O4S. The summed E-state index contributed by atoms with van der Waals surface area (Å²) in [6, 6.07) is 12.9. The zero-order valence-electron chi connectivity index (χ0n) is 14.3. The van der Waals surface area contributed by atoms with Gasteiger partial charge in [0.25, 0.3) is 0 Å². The van der Waals surface area contributed by atoms with E-state index in [1.54, 1.807) is 24.3 Å². The highest BCUT2D eigenvalue weighted by Crippen LogP contribution is 2.32. The van der Waals surface area contributed by atoms with Crippen LogP contribution in [0.3, 0.4) is 0 Å². The van der Waals surface area contributed by atoms with Crippen molar-refractivity contribution in [3.8, 4) is 11.8 Å².